The Morgan fingerprint density at radius 2 is 1.37 bits per heavy atom. The highest BCUT2D eigenvalue weighted by molar-refractivity contribution is 5.98. The zero-order chi connectivity index (χ0) is 12.8. The molecule has 2 bridgehead atoms. The molecule has 0 aromatic rings. The normalized spacial score (nSPS) is 55.4. The van der Waals surface area contributed by atoms with E-state index in [0.717, 1.165) is 12.8 Å². The number of cyclic esters (lactones) is 2. The van der Waals surface area contributed by atoms with Gasteiger partial charge in [0.2, 0.25) is 0 Å². The van der Waals surface area contributed by atoms with E-state index in [-0.39, 0.29) is 46.4 Å². The van der Waals surface area contributed by atoms with E-state index in [0.29, 0.717) is 0 Å². The molecule has 6 atom stereocenters. The van der Waals surface area contributed by atoms with Gasteiger partial charge in [0.25, 0.3) is 0 Å². The van der Waals surface area contributed by atoms with Gasteiger partial charge in [-0.3, -0.25) is 9.59 Å². The van der Waals surface area contributed by atoms with Crippen LogP contribution in [0.3, 0.4) is 0 Å². The van der Waals surface area contributed by atoms with Gasteiger partial charge in [0.05, 0.1) is 11.8 Å². The molecular formula is C16H14O3. The van der Waals surface area contributed by atoms with Crippen LogP contribution in [0.25, 0.3) is 0 Å². The maximum Gasteiger partial charge on any atom is 0.318 e. The number of allylic oxidation sites excluding steroid dienone is 6. The van der Waals surface area contributed by atoms with E-state index in [1.165, 1.54) is 0 Å². The average Bonchev–Trinajstić information content (AvgIpc) is 2.69. The van der Waals surface area contributed by atoms with Crippen molar-refractivity contribution in [1.29, 1.82) is 0 Å². The minimum absolute atomic E-state index is 0.0615. The van der Waals surface area contributed by atoms with Crippen LogP contribution in [0.4, 0.5) is 0 Å². The first-order valence-electron chi connectivity index (χ1n) is 6.99. The lowest BCUT2D eigenvalue weighted by atomic mass is 9.33. The Balaban J connectivity index is 1.77. The fraction of sp³-hybridized carbons (Fsp3) is 0.500. The number of ether oxygens (including phenoxy) is 1. The largest absolute Gasteiger partial charge is 0.393 e. The summed E-state index contributed by atoms with van der Waals surface area (Å²) < 4.78 is 4.95. The van der Waals surface area contributed by atoms with Crippen LogP contribution in [0.2, 0.25) is 0 Å². The summed E-state index contributed by atoms with van der Waals surface area (Å²) in [4.78, 5) is 24.1. The van der Waals surface area contributed by atoms with E-state index in [9.17, 15) is 9.59 Å². The summed E-state index contributed by atoms with van der Waals surface area (Å²) in [5.74, 6) is -0.814. The Labute approximate surface area is 111 Å². The van der Waals surface area contributed by atoms with Gasteiger partial charge in [-0.25, -0.2) is 0 Å². The van der Waals surface area contributed by atoms with E-state index < -0.39 is 0 Å². The van der Waals surface area contributed by atoms with Gasteiger partial charge in [-0.15, -0.1) is 0 Å². The molecule has 5 aliphatic carbocycles. The summed E-state index contributed by atoms with van der Waals surface area (Å²) in [7, 11) is 0. The number of esters is 2. The molecule has 0 aromatic heterocycles. The molecule has 0 N–H and O–H groups in total. The molecule has 0 spiro atoms. The number of rotatable bonds is 0. The molecule has 1 heterocycles. The monoisotopic (exact) mass is 254 g/mol. The molecule has 1 aliphatic heterocycles. The van der Waals surface area contributed by atoms with Gasteiger partial charge in [0.15, 0.2) is 0 Å². The third kappa shape index (κ3) is 0.814. The molecule has 0 aromatic carbocycles. The molecule has 19 heavy (non-hydrogen) atoms. The van der Waals surface area contributed by atoms with E-state index >= 15 is 0 Å². The Hall–Kier alpha value is -1.64. The minimum Gasteiger partial charge on any atom is -0.393 e. The van der Waals surface area contributed by atoms with Crippen LogP contribution in [-0.2, 0) is 14.3 Å². The highest BCUT2D eigenvalue weighted by Crippen LogP contribution is 2.74. The van der Waals surface area contributed by atoms with Crippen LogP contribution in [0.5, 0.6) is 0 Å². The molecule has 2 fully saturated rings. The van der Waals surface area contributed by atoms with Crippen LogP contribution < -0.4 is 0 Å². The van der Waals surface area contributed by atoms with Gasteiger partial charge < -0.3 is 4.74 Å². The van der Waals surface area contributed by atoms with E-state index in [1.807, 2.05) is 0 Å². The fourth-order valence-corrected chi connectivity index (χ4v) is 5.43. The predicted molar refractivity (Wildman–Crippen MR) is 66.6 cm³/mol. The molecule has 1 saturated carbocycles. The molecule has 0 radical (unpaired) electrons. The molecule has 96 valence electrons. The summed E-state index contributed by atoms with van der Waals surface area (Å²) in [5, 5.41) is 0. The highest BCUT2D eigenvalue weighted by atomic mass is 16.6. The molecule has 6 rings (SSSR count). The topological polar surface area (TPSA) is 43.4 Å². The molecule has 6 aliphatic rings. The van der Waals surface area contributed by atoms with Crippen LogP contribution in [0.1, 0.15) is 12.8 Å². The van der Waals surface area contributed by atoms with Crippen molar-refractivity contribution in [3.05, 3.63) is 36.5 Å². The van der Waals surface area contributed by atoms with Crippen molar-refractivity contribution < 1.29 is 14.3 Å². The Kier molecular flexibility index (Phi) is 1.48. The zero-order valence-electron chi connectivity index (χ0n) is 10.4. The lowest BCUT2D eigenvalue weighted by Gasteiger charge is -2.68. The van der Waals surface area contributed by atoms with E-state index in [2.05, 4.69) is 36.5 Å². The number of hydrogen-bond donors (Lipinski definition) is 0. The standard InChI is InChI=1S/C16H14O3/c17-13-11-9-3-4-10(12(11)14(18)19-13)16-6-2-1-5-15(9,16)7-8-16/h1-4,7-12H,5-6H2/t9-,10-,11+,12+,15+,16+/m1/s1. The molecule has 3 nitrogen and oxygen atoms in total. The fourth-order valence-electron chi connectivity index (χ4n) is 5.43. The molecular weight excluding hydrogens is 240 g/mol. The highest BCUT2D eigenvalue weighted by Gasteiger charge is 2.73. The second kappa shape index (κ2) is 2.77. The number of carbonyl (C=O) groups excluding carboxylic acids is 2. The zero-order valence-corrected chi connectivity index (χ0v) is 10.4. The van der Waals surface area contributed by atoms with Gasteiger partial charge in [-0.2, -0.15) is 0 Å². The maximum absolute atomic E-state index is 12.0. The minimum atomic E-state index is -0.299. The molecule has 0 amide bonds. The van der Waals surface area contributed by atoms with Gasteiger partial charge >= 0.3 is 11.9 Å². The Morgan fingerprint density at radius 3 is 1.79 bits per heavy atom. The molecule has 3 heteroatoms. The molecule has 1 saturated heterocycles. The first-order chi connectivity index (χ1) is 9.20. The van der Waals surface area contributed by atoms with Crippen molar-refractivity contribution in [3.8, 4) is 0 Å². The summed E-state index contributed by atoms with van der Waals surface area (Å²) in [6.07, 6.45) is 15.3. The van der Waals surface area contributed by atoms with Gasteiger partial charge in [-0.1, -0.05) is 36.5 Å². The van der Waals surface area contributed by atoms with Crippen LogP contribution in [0.15, 0.2) is 36.5 Å². The lowest BCUT2D eigenvalue weighted by molar-refractivity contribution is -0.154. The molecule has 0 unspecified atom stereocenters. The van der Waals surface area contributed by atoms with Crippen molar-refractivity contribution in [2.75, 3.05) is 0 Å². The van der Waals surface area contributed by atoms with Gasteiger partial charge in [-0.05, 0) is 12.8 Å². The third-order valence-electron chi connectivity index (χ3n) is 6.24. The second-order valence-electron chi connectivity index (χ2n) is 6.52. The van der Waals surface area contributed by atoms with Gasteiger partial charge in [0.1, 0.15) is 0 Å². The summed E-state index contributed by atoms with van der Waals surface area (Å²) in [6, 6.07) is 0. The summed E-state index contributed by atoms with van der Waals surface area (Å²) in [6.45, 7) is 0. The number of hydrogen-bond acceptors (Lipinski definition) is 3. The van der Waals surface area contributed by atoms with Crippen molar-refractivity contribution in [2.24, 2.45) is 34.5 Å². The van der Waals surface area contributed by atoms with E-state index in [1.54, 1.807) is 0 Å². The van der Waals surface area contributed by atoms with Crippen LogP contribution in [-0.4, -0.2) is 11.9 Å². The van der Waals surface area contributed by atoms with E-state index in [4.69, 9.17) is 4.74 Å². The van der Waals surface area contributed by atoms with Crippen molar-refractivity contribution in [3.63, 3.8) is 0 Å². The average molecular weight is 254 g/mol. The van der Waals surface area contributed by atoms with Gasteiger partial charge in [0, 0.05) is 22.7 Å². The smallest absolute Gasteiger partial charge is 0.318 e. The van der Waals surface area contributed by atoms with Crippen molar-refractivity contribution in [2.45, 2.75) is 12.8 Å². The van der Waals surface area contributed by atoms with Crippen LogP contribution in [0, 0.1) is 34.5 Å². The van der Waals surface area contributed by atoms with Crippen molar-refractivity contribution >= 4 is 11.9 Å². The number of carbonyl (C=O) groups is 2. The Bertz CT molecular complexity index is 563. The lowest BCUT2D eigenvalue weighted by Crippen LogP contribution is -2.65. The quantitative estimate of drug-likeness (QED) is 0.377. The predicted octanol–water partition coefficient (Wildman–Crippen LogP) is 2.01. The third-order valence-corrected chi connectivity index (χ3v) is 6.24. The maximum atomic E-state index is 12.0. The second-order valence-corrected chi connectivity index (χ2v) is 6.52. The van der Waals surface area contributed by atoms with Crippen LogP contribution >= 0.6 is 0 Å². The van der Waals surface area contributed by atoms with Crippen molar-refractivity contribution in [1.82, 2.24) is 0 Å². The first-order valence-corrected chi connectivity index (χ1v) is 6.99. The summed E-state index contributed by atoms with van der Waals surface area (Å²) in [5.41, 5.74) is 0.123. The first kappa shape index (κ1) is 10.2. The summed E-state index contributed by atoms with van der Waals surface area (Å²) >= 11 is 0. The Morgan fingerprint density at radius 1 is 0.895 bits per heavy atom. The SMILES string of the molecule is O=C1OC(=O)[C@@H]2[C@@H]1[C@H]1C=C[C@H]2[C@]23C=C[C@@]12CC=CC3.